The van der Waals surface area contributed by atoms with Gasteiger partial charge in [-0.2, -0.15) is 5.10 Å². The van der Waals surface area contributed by atoms with Crippen LogP contribution in [0.2, 0.25) is 0 Å². The molecule has 3 heteroatoms. The van der Waals surface area contributed by atoms with E-state index in [4.69, 9.17) is 5.73 Å². The summed E-state index contributed by atoms with van der Waals surface area (Å²) in [5, 5.41) is 4.25. The minimum absolute atomic E-state index is 0.268. The van der Waals surface area contributed by atoms with Gasteiger partial charge in [0.2, 0.25) is 0 Å². The molecule has 0 bridgehead atoms. The summed E-state index contributed by atoms with van der Waals surface area (Å²) < 4.78 is 1.88. The van der Waals surface area contributed by atoms with Gasteiger partial charge in [0.05, 0.1) is 6.20 Å². The number of hydrogen-bond donors (Lipinski definition) is 1. The molecular formula is C17H23N3. The fourth-order valence-corrected chi connectivity index (χ4v) is 3.37. The van der Waals surface area contributed by atoms with Crippen molar-refractivity contribution in [2.24, 2.45) is 18.2 Å². The minimum Gasteiger partial charge on any atom is -0.330 e. The summed E-state index contributed by atoms with van der Waals surface area (Å²) in [4.78, 5) is 0. The number of aromatic nitrogens is 2. The molecule has 3 nitrogen and oxygen atoms in total. The Morgan fingerprint density at radius 3 is 2.80 bits per heavy atom. The fraction of sp³-hybridized carbons (Fsp3) is 0.471. The van der Waals surface area contributed by atoms with Gasteiger partial charge >= 0.3 is 0 Å². The zero-order valence-electron chi connectivity index (χ0n) is 12.2. The Hall–Kier alpha value is -1.61. The van der Waals surface area contributed by atoms with Crippen molar-refractivity contribution < 1.29 is 0 Å². The van der Waals surface area contributed by atoms with Gasteiger partial charge in [-0.3, -0.25) is 4.68 Å². The smallest absolute Gasteiger partial charge is 0.0521 e. The maximum absolute atomic E-state index is 6.14. The Morgan fingerprint density at radius 1 is 1.30 bits per heavy atom. The van der Waals surface area contributed by atoms with Gasteiger partial charge in [0, 0.05) is 13.2 Å². The molecule has 1 aliphatic rings. The Balaban J connectivity index is 1.73. The van der Waals surface area contributed by atoms with Crippen molar-refractivity contribution in [2.75, 3.05) is 6.54 Å². The van der Waals surface area contributed by atoms with Crippen molar-refractivity contribution in [1.82, 2.24) is 9.78 Å². The average molecular weight is 269 g/mol. The lowest BCUT2D eigenvalue weighted by Gasteiger charge is -2.37. The topological polar surface area (TPSA) is 43.8 Å². The largest absolute Gasteiger partial charge is 0.330 e. The molecule has 106 valence electrons. The number of nitrogens with two attached hydrogens (primary N) is 1. The van der Waals surface area contributed by atoms with Crippen molar-refractivity contribution in [2.45, 2.75) is 32.1 Å². The molecule has 2 N–H and O–H groups in total. The van der Waals surface area contributed by atoms with E-state index in [1.807, 2.05) is 17.9 Å². The normalized spacial score (nSPS) is 21.7. The van der Waals surface area contributed by atoms with E-state index in [2.05, 4.69) is 35.6 Å². The summed E-state index contributed by atoms with van der Waals surface area (Å²) in [6.07, 6.45) is 9.82. The predicted molar refractivity (Wildman–Crippen MR) is 81.5 cm³/mol. The zero-order valence-corrected chi connectivity index (χ0v) is 12.2. The van der Waals surface area contributed by atoms with Crippen LogP contribution in [-0.4, -0.2) is 16.3 Å². The van der Waals surface area contributed by atoms with Gasteiger partial charge in [0.25, 0.3) is 0 Å². The van der Waals surface area contributed by atoms with Gasteiger partial charge < -0.3 is 5.73 Å². The summed E-state index contributed by atoms with van der Waals surface area (Å²) in [6, 6.07) is 8.82. The second kappa shape index (κ2) is 5.41. The van der Waals surface area contributed by atoms with E-state index in [-0.39, 0.29) is 5.41 Å². The van der Waals surface area contributed by atoms with Crippen molar-refractivity contribution in [3.8, 4) is 0 Å². The van der Waals surface area contributed by atoms with E-state index >= 15 is 0 Å². The van der Waals surface area contributed by atoms with E-state index < -0.39 is 0 Å². The highest BCUT2D eigenvalue weighted by Crippen LogP contribution is 2.38. The van der Waals surface area contributed by atoms with Crippen LogP contribution >= 0.6 is 0 Å². The quantitative estimate of drug-likeness (QED) is 0.926. The van der Waals surface area contributed by atoms with Crippen LogP contribution in [0.15, 0.2) is 36.7 Å². The lowest BCUT2D eigenvalue weighted by atomic mass is 9.69. The first kappa shape index (κ1) is 13.4. The lowest BCUT2D eigenvalue weighted by molar-refractivity contribution is 0.235. The van der Waals surface area contributed by atoms with Crippen LogP contribution in [0.3, 0.4) is 0 Å². The molecule has 3 rings (SSSR count). The number of fused-ring (bicyclic) bond motifs is 1. The molecule has 1 heterocycles. The van der Waals surface area contributed by atoms with Crippen LogP contribution in [0.5, 0.6) is 0 Å². The van der Waals surface area contributed by atoms with Crippen LogP contribution in [0.1, 0.15) is 29.5 Å². The zero-order chi connectivity index (χ0) is 14.0. The minimum atomic E-state index is 0.268. The Bertz CT molecular complexity index is 587. The average Bonchev–Trinajstić information content (AvgIpc) is 2.91. The molecule has 1 aliphatic carbocycles. The first-order chi connectivity index (χ1) is 9.71. The summed E-state index contributed by atoms with van der Waals surface area (Å²) in [6.45, 7) is 0.779. The third-order valence-electron chi connectivity index (χ3n) is 4.74. The monoisotopic (exact) mass is 269 g/mol. The first-order valence-corrected chi connectivity index (χ1v) is 7.45. The van der Waals surface area contributed by atoms with Crippen LogP contribution in [0, 0.1) is 5.41 Å². The number of rotatable bonds is 4. The lowest BCUT2D eigenvalue weighted by Crippen LogP contribution is -2.36. The van der Waals surface area contributed by atoms with Gasteiger partial charge in [0.1, 0.15) is 0 Å². The van der Waals surface area contributed by atoms with Crippen LogP contribution < -0.4 is 5.73 Å². The Kier molecular flexibility index (Phi) is 3.62. The van der Waals surface area contributed by atoms with Crippen molar-refractivity contribution in [3.63, 3.8) is 0 Å². The molecule has 0 saturated heterocycles. The second-order valence-corrected chi connectivity index (χ2v) is 6.17. The Morgan fingerprint density at radius 2 is 2.10 bits per heavy atom. The molecule has 0 amide bonds. The number of hydrogen-bond acceptors (Lipinski definition) is 2. The van der Waals surface area contributed by atoms with E-state index in [1.54, 1.807) is 0 Å². The van der Waals surface area contributed by atoms with Crippen LogP contribution in [-0.2, 0) is 26.3 Å². The predicted octanol–water partition coefficient (Wildman–Crippen LogP) is 2.49. The molecule has 0 spiro atoms. The maximum atomic E-state index is 6.14. The number of benzene rings is 1. The maximum Gasteiger partial charge on any atom is 0.0521 e. The van der Waals surface area contributed by atoms with E-state index in [9.17, 15) is 0 Å². The summed E-state index contributed by atoms with van der Waals surface area (Å²) >= 11 is 0. The van der Waals surface area contributed by atoms with Gasteiger partial charge in [-0.25, -0.2) is 0 Å². The molecule has 1 aromatic carbocycles. The highest BCUT2D eigenvalue weighted by atomic mass is 15.2. The van der Waals surface area contributed by atoms with E-state index in [1.165, 1.54) is 29.5 Å². The van der Waals surface area contributed by atoms with E-state index in [0.29, 0.717) is 0 Å². The van der Waals surface area contributed by atoms with Crippen LogP contribution in [0.4, 0.5) is 0 Å². The molecule has 0 saturated carbocycles. The Labute approximate surface area is 120 Å². The molecule has 2 aromatic rings. The molecule has 0 radical (unpaired) electrons. The molecule has 1 atom stereocenters. The molecule has 0 fully saturated rings. The summed E-state index contributed by atoms with van der Waals surface area (Å²) in [5.74, 6) is 0. The fourth-order valence-electron chi connectivity index (χ4n) is 3.37. The second-order valence-electron chi connectivity index (χ2n) is 6.17. The van der Waals surface area contributed by atoms with E-state index in [0.717, 1.165) is 25.8 Å². The third kappa shape index (κ3) is 2.63. The highest BCUT2D eigenvalue weighted by molar-refractivity contribution is 5.31. The van der Waals surface area contributed by atoms with Crippen molar-refractivity contribution in [1.29, 1.82) is 0 Å². The highest BCUT2D eigenvalue weighted by Gasteiger charge is 2.32. The van der Waals surface area contributed by atoms with Crippen molar-refractivity contribution in [3.05, 3.63) is 53.3 Å². The number of nitrogens with zero attached hydrogens (tertiary/aromatic N) is 2. The van der Waals surface area contributed by atoms with Gasteiger partial charge in [-0.1, -0.05) is 24.3 Å². The molecule has 0 aliphatic heterocycles. The van der Waals surface area contributed by atoms with Crippen molar-refractivity contribution >= 4 is 0 Å². The molecule has 1 unspecified atom stereocenters. The first-order valence-electron chi connectivity index (χ1n) is 7.45. The van der Waals surface area contributed by atoms with Gasteiger partial charge in [0.15, 0.2) is 0 Å². The van der Waals surface area contributed by atoms with Crippen LogP contribution in [0.25, 0.3) is 0 Å². The van der Waals surface area contributed by atoms with Gasteiger partial charge in [-0.15, -0.1) is 0 Å². The summed E-state index contributed by atoms with van der Waals surface area (Å²) in [5.41, 5.74) is 10.7. The molecule has 1 aromatic heterocycles. The molecular weight excluding hydrogens is 246 g/mol. The molecule has 20 heavy (non-hydrogen) atoms. The summed E-state index contributed by atoms with van der Waals surface area (Å²) in [7, 11) is 1.97. The standard InChI is InChI=1S/C17H23N3/c1-20-12-14(11-19-20)6-8-17(13-18)9-7-15-4-2-3-5-16(15)10-17/h2-5,11-12H,6-10,13,18H2,1H3. The SMILES string of the molecule is Cn1cc(CCC2(CN)CCc3ccccc3C2)cn1. The van der Waals surface area contributed by atoms with Gasteiger partial charge in [-0.05, 0) is 60.8 Å². The third-order valence-corrected chi connectivity index (χ3v) is 4.74. The number of aryl methyl sites for hydroxylation is 3.